The third kappa shape index (κ3) is 3.95. The molecule has 0 bridgehead atoms. The van der Waals surface area contributed by atoms with E-state index in [4.69, 9.17) is 0 Å². The van der Waals surface area contributed by atoms with E-state index < -0.39 is 0 Å². The molecule has 0 amide bonds. The van der Waals surface area contributed by atoms with Crippen LogP contribution in [0.25, 0.3) is 0 Å². The molecule has 1 spiro atoms. The Bertz CT molecular complexity index is 884. The van der Waals surface area contributed by atoms with Crippen LogP contribution in [0, 0.1) is 6.92 Å². The van der Waals surface area contributed by atoms with Gasteiger partial charge in [-0.3, -0.25) is 0 Å². The van der Waals surface area contributed by atoms with E-state index in [9.17, 15) is 0 Å². The fourth-order valence-electron chi connectivity index (χ4n) is 4.72. The normalized spacial score (nSPS) is 18.7. The molecule has 29 heavy (non-hydrogen) atoms. The number of benzene rings is 1. The zero-order valence-corrected chi connectivity index (χ0v) is 18.4. The van der Waals surface area contributed by atoms with Gasteiger partial charge in [0.1, 0.15) is 5.82 Å². The molecular weight excluding hydrogens is 356 g/mol. The van der Waals surface area contributed by atoms with E-state index in [1.165, 1.54) is 28.1 Å². The van der Waals surface area contributed by atoms with E-state index >= 15 is 0 Å². The zero-order valence-electron chi connectivity index (χ0n) is 18.4. The third-order valence-electron chi connectivity index (χ3n) is 6.58. The Labute approximate surface area is 175 Å². The molecule has 0 aliphatic carbocycles. The summed E-state index contributed by atoms with van der Waals surface area (Å²) in [5.74, 6) is 0.920. The Balaban J connectivity index is 1.31. The van der Waals surface area contributed by atoms with Crippen LogP contribution >= 0.6 is 0 Å². The molecule has 4 rings (SSSR count). The second kappa shape index (κ2) is 7.56. The number of rotatable bonds is 4. The summed E-state index contributed by atoms with van der Waals surface area (Å²) in [6.07, 6.45) is 8.51. The lowest BCUT2D eigenvalue weighted by Gasteiger charge is -2.40. The summed E-state index contributed by atoms with van der Waals surface area (Å²) in [7, 11) is 0. The van der Waals surface area contributed by atoms with Crippen molar-refractivity contribution in [1.29, 1.82) is 0 Å². The number of hydrogen-bond acceptors (Lipinski definition) is 4. The highest BCUT2D eigenvalue weighted by atomic mass is 15.1. The van der Waals surface area contributed by atoms with E-state index in [0.717, 1.165) is 51.1 Å². The zero-order chi connectivity index (χ0) is 20.6. The van der Waals surface area contributed by atoms with Gasteiger partial charge in [0.15, 0.2) is 0 Å². The Hall–Kier alpha value is -2.20. The molecule has 2 aromatic rings. The van der Waals surface area contributed by atoms with Crippen LogP contribution in [0.5, 0.6) is 0 Å². The average molecular weight is 391 g/mol. The fraction of sp³-hybridized carbons (Fsp3) is 0.520. The van der Waals surface area contributed by atoms with Gasteiger partial charge in [0.2, 0.25) is 0 Å². The van der Waals surface area contributed by atoms with Crippen molar-refractivity contribution in [2.75, 3.05) is 25.0 Å². The monoisotopic (exact) mass is 390 g/mol. The molecule has 1 fully saturated rings. The van der Waals surface area contributed by atoms with E-state index in [0.29, 0.717) is 0 Å². The van der Waals surface area contributed by atoms with Crippen molar-refractivity contribution < 1.29 is 0 Å². The summed E-state index contributed by atoms with van der Waals surface area (Å²) in [4.78, 5) is 11.7. The summed E-state index contributed by atoms with van der Waals surface area (Å²) < 4.78 is 0. The van der Waals surface area contributed by atoms with Crippen LogP contribution in [0.2, 0.25) is 0 Å². The Morgan fingerprint density at radius 2 is 1.83 bits per heavy atom. The van der Waals surface area contributed by atoms with E-state index in [2.05, 4.69) is 72.7 Å². The Morgan fingerprint density at radius 1 is 1.14 bits per heavy atom. The predicted molar refractivity (Wildman–Crippen MR) is 120 cm³/mol. The van der Waals surface area contributed by atoms with Gasteiger partial charge >= 0.3 is 0 Å². The van der Waals surface area contributed by atoms with Gasteiger partial charge in [0.25, 0.3) is 0 Å². The molecule has 1 aromatic heterocycles. The lowest BCUT2D eigenvalue weighted by Crippen LogP contribution is -2.43. The van der Waals surface area contributed by atoms with Crippen LogP contribution in [0.3, 0.4) is 0 Å². The standard InChI is InChI=1S/C25H34N4/c1-18-8-9-22-21(15-18)25(19(2)28-22)10-13-29(14-11-25)12-6-7-20-16-26-23(27-17-20)24(3,4)5/h8-9,15-17,28H,2,6-7,10-14H2,1,3-5H3. The Morgan fingerprint density at radius 3 is 2.48 bits per heavy atom. The van der Waals surface area contributed by atoms with E-state index in [1.54, 1.807) is 0 Å². The molecule has 0 radical (unpaired) electrons. The summed E-state index contributed by atoms with van der Waals surface area (Å²) in [5, 5.41) is 3.55. The molecule has 4 nitrogen and oxygen atoms in total. The van der Waals surface area contributed by atoms with Crippen molar-refractivity contribution in [2.45, 2.75) is 64.2 Å². The van der Waals surface area contributed by atoms with Crippen molar-refractivity contribution in [3.63, 3.8) is 0 Å². The van der Waals surface area contributed by atoms with E-state index in [-0.39, 0.29) is 10.8 Å². The fourth-order valence-corrected chi connectivity index (χ4v) is 4.72. The molecule has 2 aliphatic rings. The number of allylic oxidation sites excluding steroid dienone is 1. The summed E-state index contributed by atoms with van der Waals surface area (Å²) in [6.45, 7) is 16.4. The van der Waals surface area contributed by atoms with Gasteiger partial charge in [-0.2, -0.15) is 0 Å². The van der Waals surface area contributed by atoms with Gasteiger partial charge < -0.3 is 10.2 Å². The number of anilines is 1. The van der Waals surface area contributed by atoms with E-state index in [1.807, 2.05) is 12.4 Å². The quantitative estimate of drug-likeness (QED) is 0.799. The SMILES string of the molecule is C=C1Nc2ccc(C)cc2C12CCN(CCCc1cnc(C(C)(C)C)nc1)CC2. The highest BCUT2D eigenvalue weighted by Crippen LogP contribution is 2.49. The molecule has 0 unspecified atom stereocenters. The highest BCUT2D eigenvalue weighted by Gasteiger charge is 2.44. The van der Waals surface area contributed by atoms with Crippen LogP contribution in [-0.4, -0.2) is 34.5 Å². The lowest BCUT2D eigenvalue weighted by molar-refractivity contribution is 0.179. The second-order valence-electron chi connectivity index (χ2n) is 9.84. The molecule has 1 N–H and O–H groups in total. The minimum Gasteiger partial charge on any atom is -0.358 e. The van der Waals surface area contributed by atoms with Gasteiger partial charge in [-0.15, -0.1) is 0 Å². The topological polar surface area (TPSA) is 41.0 Å². The molecule has 1 aromatic carbocycles. The first-order valence-corrected chi connectivity index (χ1v) is 10.9. The van der Waals surface area contributed by atoms with Crippen LogP contribution < -0.4 is 5.32 Å². The second-order valence-corrected chi connectivity index (χ2v) is 9.84. The van der Waals surface area contributed by atoms with Gasteiger partial charge in [-0.1, -0.05) is 45.0 Å². The molecule has 1 saturated heterocycles. The third-order valence-corrected chi connectivity index (χ3v) is 6.58. The maximum atomic E-state index is 4.56. The largest absolute Gasteiger partial charge is 0.358 e. The van der Waals surface area contributed by atoms with Crippen LogP contribution in [0.1, 0.15) is 62.5 Å². The van der Waals surface area contributed by atoms with Crippen molar-refractivity contribution in [1.82, 2.24) is 14.9 Å². The van der Waals surface area contributed by atoms with Gasteiger partial charge in [-0.05, 0) is 69.4 Å². The number of nitrogens with one attached hydrogen (secondary N) is 1. The number of fused-ring (bicyclic) bond motifs is 2. The number of aromatic nitrogens is 2. The number of nitrogens with zero attached hydrogens (tertiary/aromatic N) is 3. The van der Waals surface area contributed by atoms with Gasteiger partial charge in [-0.25, -0.2) is 9.97 Å². The number of piperidine rings is 1. The smallest absolute Gasteiger partial charge is 0.133 e. The first kappa shape index (κ1) is 20.1. The van der Waals surface area contributed by atoms with Crippen LogP contribution in [0.15, 0.2) is 42.9 Å². The molecule has 2 aliphatic heterocycles. The van der Waals surface area contributed by atoms with Crippen molar-refractivity contribution in [3.05, 3.63) is 65.4 Å². The van der Waals surface area contributed by atoms with Crippen molar-refractivity contribution in [2.24, 2.45) is 0 Å². The molecule has 4 heteroatoms. The van der Waals surface area contributed by atoms with Gasteiger partial charge in [0, 0.05) is 34.6 Å². The molecule has 0 atom stereocenters. The predicted octanol–water partition coefficient (Wildman–Crippen LogP) is 4.99. The Kier molecular flexibility index (Phi) is 5.24. The first-order valence-electron chi connectivity index (χ1n) is 10.9. The minimum absolute atomic E-state index is 0.0124. The maximum absolute atomic E-state index is 4.56. The summed E-state index contributed by atoms with van der Waals surface area (Å²) >= 11 is 0. The molecule has 3 heterocycles. The van der Waals surface area contributed by atoms with Crippen LogP contribution in [-0.2, 0) is 17.3 Å². The van der Waals surface area contributed by atoms with Crippen LogP contribution in [0.4, 0.5) is 5.69 Å². The molecule has 0 saturated carbocycles. The minimum atomic E-state index is 0.0124. The summed E-state index contributed by atoms with van der Waals surface area (Å²) in [5.41, 5.74) is 6.61. The molecule has 154 valence electrons. The maximum Gasteiger partial charge on any atom is 0.133 e. The number of aryl methyl sites for hydroxylation is 2. The van der Waals surface area contributed by atoms with Crippen molar-refractivity contribution in [3.8, 4) is 0 Å². The number of likely N-dealkylation sites (tertiary alicyclic amines) is 1. The lowest BCUT2D eigenvalue weighted by atomic mass is 9.72. The highest BCUT2D eigenvalue weighted by molar-refractivity contribution is 5.68. The molecular formula is C25H34N4. The van der Waals surface area contributed by atoms with Crippen molar-refractivity contribution >= 4 is 5.69 Å². The summed E-state index contributed by atoms with van der Waals surface area (Å²) in [6, 6.07) is 6.76. The van der Waals surface area contributed by atoms with Gasteiger partial charge in [0.05, 0.1) is 0 Å². The first-order chi connectivity index (χ1) is 13.8. The average Bonchev–Trinajstić information content (AvgIpc) is 2.94. The number of hydrogen-bond donors (Lipinski definition) is 1.